The third-order valence-corrected chi connectivity index (χ3v) is 3.23. The summed E-state index contributed by atoms with van der Waals surface area (Å²) in [6, 6.07) is 7.95. The summed E-state index contributed by atoms with van der Waals surface area (Å²) < 4.78 is 4.61. The first kappa shape index (κ1) is 11.9. The molecular formula is C13H14N4O2. The first-order valence-electron chi connectivity index (χ1n) is 6.16. The van der Waals surface area contributed by atoms with Gasteiger partial charge in [0.05, 0.1) is 12.6 Å². The van der Waals surface area contributed by atoms with E-state index < -0.39 is 0 Å². The standard InChI is InChI=1S/C13H14N4O2/c18-13(15-7-12-16-8-19-17-12)11-5-9-3-1-2-4-10(9)6-14-11/h1-4,8,11,14H,5-7H2,(H,15,18)/t11-/m1/s1. The van der Waals surface area contributed by atoms with Crippen LogP contribution in [0.5, 0.6) is 0 Å². The molecule has 1 aromatic heterocycles. The van der Waals surface area contributed by atoms with E-state index in [1.807, 2.05) is 12.1 Å². The van der Waals surface area contributed by atoms with Crippen LogP contribution < -0.4 is 10.6 Å². The fourth-order valence-electron chi connectivity index (χ4n) is 2.20. The molecule has 0 spiro atoms. The summed E-state index contributed by atoms with van der Waals surface area (Å²) in [5, 5.41) is 9.68. The minimum atomic E-state index is -0.207. The monoisotopic (exact) mass is 258 g/mol. The predicted octanol–water partition coefficient (Wildman–Crippen LogP) is 0.400. The second kappa shape index (κ2) is 5.19. The van der Waals surface area contributed by atoms with Gasteiger partial charge in [0.25, 0.3) is 0 Å². The molecule has 0 saturated heterocycles. The lowest BCUT2D eigenvalue weighted by molar-refractivity contribution is -0.123. The van der Waals surface area contributed by atoms with Crippen LogP contribution in [0.15, 0.2) is 35.2 Å². The summed E-state index contributed by atoms with van der Waals surface area (Å²) in [4.78, 5) is 15.9. The molecule has 2 heterocycles. The van der Waals surface area contributed by atoms with Crippen molar-refractivity contribution in [1.29, 1.82) is 0 Å². The first-order valence-corrected chi connectivity index (χ1v) is 6.16. The van der Waals surface area contributed by atoms with E-state index in [0.29, 0.717) is 12.2 Å². The molecule has 6 heteroatoms. The van der Waals surface area contributed by atoms with Gasteiger partial charge < -0.3 is 15.2 Å². The molecule has 0 radical (unpaired) electrons. The van der Waals surface area contributed by atoms with Gasteiger partial charge in [-0.3, -0.25) is 4.79 Å². The van der Waals surface area contributed by atoms with Crippen molar-refractivity contribution in [2.24, 2.45) is 0 Å². The number of amides is 1. The van der Waals surface area contributed by atoms with E-state index >= 15 is 0 Å². The lowest BCUT2D eigenvalue weighted by atomic mass is 9.95. The molecule has 6 nitrogen and oxygen atoms in total. The summed E-state index contributed by atoms with van der Waals surface area (Å²) in [6.07, 6.45) is 1.95. The Morgan fingerprint density at radius 3 is 3.05 bits per heavy atom. The number of fused-ring (bicyclic) bond motifs is 1. The lowest BCUT2D eigenvalue weighted by Gasteiger charge is -2.25. The number of nitrogens with one attached hydrogen (secondary N) is 2. The molecule has 0 saturated carbocycles. The summed E-state index contributed by atoms with van der Waals surface area (Å²) in [7, 11) is 0. The number of benzene rings is 1. The quantitative estimate of drug-likeness (QED) is 0.833. The Bertz CT molecular complexity index is 568. The van der Waals surface area contributed by atoms with Crippen LogP contribution in [0.4, 0.5) is 0 Å². The molecule has 0 fully saturated rings. The second-order valence-corrected chi connectivity index (χ2v) is 4.47. The minimum Gasteiger partial charge on any atom is -0.347 e. The number of rotatable bonds is 3. The Morgan fingerprint density at radius 2 is 2.26 bits per heavy atom. The lowest BCUT2D eigenvalue weighted by Crippen LogP contribution is -2.47. The number of aromatic nitrogens is 2. The molecule has 1 aliphatic rings. The number of carbonyl (C=O) groups excluding carboxylic acids is 1. The third kappa shape index (κ3) is 2.63. The van der Waals surface area contributed by atoms with E-state index in [0.717, 1.165) is 6.54 Å². The Balaban J connectivity index is 1.60. The van der Waals surface area contributed by atoms with E-state index in [2.05, 4.69) is 37.4 Å². The van der Waals surface area contributed by atoms with Gasteiger partial charge in [-0.2, -0.15) is 4.98 Å². The van der Waals surface area contributed by atoms with Gasteiger partial charge in [0.2, 0.25) is 12.3 Å². The van der Waals surface area contributed by atoms with Crippen LogP contribution in [-0.4, -0.2) is 22.1 Å². The van der Waals surface area contributed by atoms with Gasteiger partial charge in [0.1, 0.15) is 0 Å². The molecule has 2 N–H and O–H groups in total. The summed E-state index contributed by atoms with van der Waals surface area (Å²) >= 11 is 0. The van der Waals surface area contributed by atoms with E-state index in [4.69, 9.17) is 0 Å². The van der Waals surface area contributed by atoms with Crippen LogP contribution in [0.3, 0.4) is 0 Å². The second-order valence-electron chi connectivity index (χ2n) is 4.47. The normalized spacial score (nSPS) is 17.8. The van der Waals surface area contributed by atoms with Crippen LogP contribution in [-0.2, 0) is 24.3 Å². The number of carbonyl (C=O) groups is 1. The van der Waals surface area contributed by atoms with Gasteiger partial charge in [-0.05, 0) is 17.5 Å². The van der Waals surface area contributed by atoms with Crippen LogP contribution in [0.1, 0.15) is 17.0 Å². The highest BCUT2D eigenvalue weighted by Gasteiger charge is 2.23. The summed E-state index contributed by atoms with van der Waals surface area (Å²) in [6.45, 7) is 1.01. The molecule has 2 aromatic rings. The molecule has 0 aliphatic carbocycles. The van der Waals surface area contributed by atoms with Crippen molar-refractivity contribution in [3.8, 4) is 0 Å². The highest BCUT2D eigenvalue weighted by Crippen LogP contribution is 2.16. The largest absolute Gasteiger partial charge is 0.347 e. The number of hydrogen-bond donors (Lipinski definition) is 2. The molecule has 3 rings (SSSR count). The van der Waals surface area contributed by atoms with E-state index in [1.165, 1.54) is 17.5 Å². The molecule has 98 valence electrons. The average Bonchev–Trinajstić information content (AvgIpc) is 2.97. The molecule has 1 aromatic carbocycles. The minimum absolute atomic E-state index is 0.0423. The van der Waals surface area contributed by atoms with Crippen molar-refractivity contribution in [3.63, 3.8) is 0 Å². The van der Waals surface area contributed by atoms with Crippen molar-refractivity contribution >= 4 is 5.91 Å². The van der Waals surface area contributed by atoms with Crippen LogP contribution in [0.25, 0.3) is 0 Å². The van der Waals surface area contributed by atoms with Crippen molar-refractivity contribution in [1.82, 2.24) is 20.8 Å². The molecule has 0 unspecified atom stereocenters. The van der Waals surface area contributed by atoms with Gasteiger partial charge >= 0.3 is 0 Å². The fraction of sp³-hybridized carbons (Fsp3) is 0.308. The summed E-state index contributed by atoms with van der Waals surface area (Å²) in [5.74, 6) is 0.434. The van der Waals surface area contributed by atoms with E-state index in [9.17, 15) is 4.79 Å². The van der Waals surface area contributed by atoms with Gasteiger partial charge in [-0.25, -0.2) is 0 Å². The number of hydrogen-bond acceptors (Lipinski definition) is 5. The molecule has 1 atom stereocenters. The highest BCUT2D eigenvalue weighted by molar-refractivity contribution is 5.82. The van der Waals surface area contributed by atoms with E-state index in [1.54, 1.807) is 0 Å². The van der Waals surface area contributed by atoms with Gasteiger partial charge in [-0.1, -0.05) is 29.4 Å². The fourth-order valence-corrected chi connectivity index (χ4v) is 2.20. The Morgan fingerprint density at radius 1 is 1.42 bits per heavy atom. The Kier molecular flexibility index (Phi) is 3.24. The zero-order chi connectivity index (χ0) is 13.1. The van der Waals surface area contributed by atoms with Crippen LogP contribution in [0, 0.1) is 0 Å². The van der Waals surface area contributed by atoms with Crippen molar-refractivity contribution in [2.75, 3.05) is 0 Å². The predicted molar refractivity (Wildman–Crippen MR) is 66.9 cm³/mol. The van der Waals surface area contributed by atoms with Crippen molar-refractivity contribution in [2.45, 2.75) is 25.6 Å². The third-order valence-electron chi connectivity index (χ3n) is 3.23. The molecule has 19 heavy (non-hydrogen) atoms. The molecule has 0 bridgehead atoms. The zero-order valence-corrected chi connectivity index (χ0v) is 10.3. The SMILES string of the molecule is O=C(NCc1ncon1)[C@H]1Cc2ccccc2CN1. The maximum absolute atomic E-state index is 12.0. The Hall–Kier alpha value is -2.21. The van der Waals surface area contributed by atoms with Crippen LogP contribution in [0.2, 0.25) is 0 Å². The number of nitrogens with zero attached hydrogens (tertiary/aromatic N) is 2. The molecule has 1 amide bonds. The van der Waals surface area contributed by atoms with E-state index in [-0.39, 0.29) is 18.5 Å². The molecular weight excluding hydrogens is 244 g/mol. The Labute approximate surface area is 110 Å². The average molecular weight is 258 g/mol. The van der Waals surface area contributed by atoms with Crippen molar-refractivity contribution < 1.29 is 9.32 Å². The van der Waals surface area contributed by atoms with Crippen molar-refractivity contribution in [3.05, 3.63) is 47.6 Å². The topological polar surface area (TPSA) is 80.1 Å². The zero-order valence-electron chi connectivity index (χ0n) is 10.3. The highest BCUT2D eigenvalue weighted by atomic mass is 16.5. The van der Waals surface area contributed by atoms with Gasteiger partial charge in [-0.15, -0.1) is 0 Å². The van der Waals surface area contributed by atoms with Crippen LogP contribution >= 0.6 is 0 Å². The van der Waals surface area contributed by atoms with Gasteiger partial charge in [0, 0.05) is 6.54 Å². The summed E-state index contributed by atoms with van der Waals surface area (Å²) in [5.41, 5.74) is 2.48. The maximum Gasteiger partial charge on any atom is 0.237 e. The van der Waals surface area contributed by atoms with Gasteiger partial charge in [0.15, 0.2) is 5.82 Å². The first-order chi connectivity index (χ1) is 9.33. The molecule has 1 aliphatic heterocycles. The maximum atomic E-state index is 12.0. The smallest absolute Gasteiger partial charge is 0.237 e.